The Morgan fingerprint density at radius 1 is 1.25 bits per heavy atom. The lowest BCUT2D eigenvalue weighted by Gasteiger charge is -2.27. The van der Waals surface area contributed by atoms with Gasteiger partial charge in [-0.1, -0.05) is 41.6 Å². The predicted molar refractivity (Wildman–Crippen MR) is 85.1 cm³/mol. The summed E-state index contributed by atoms with van der Waals surface area (Å²) in [5.74, 6) is 0.859. The Morgan fingerprint density at radius 2 is 1.95 bits per heavy atom. The maximum Gasteiger partial charge on any atom is 0.119 e. The molecule has 2 N–H and O–H groups in total. The van der Waals surface area contributed by atoms with Crippen molar-refractivity contribution in [1.82, 2.24) is 5.32 Å². The largest absolute Gasteiger partial charge is 0.497 e. The topological polar surface area (TPSA) is 41.5 Å². The van der Waals surface area contributed by atoms with Crippen LogP contribution in [0.4, 0.5) is 0 Å². The molecular formula is C16H24BrNO2. The Kier molecular flexibility index (Phi) is 5.87. The Labute approximate surface area is 129 Å². The van der Waals surface area contributed by atoms with Crippen LogP contribution < -0.4 is 10.1 Å². The van der Waals surface area contributed by atoms with E-state index in [1.54, 1.807) is 7.11 Å². The van der Waals surface area contributed by atoms with Crippen molar-refractivity contribution in [2.24, 2.45) is 0 Å². The third kappa shape index (κ3) is 4.47. The summed E-state index contributed by atoms with van der Waals surface area (Å²) in [6.07, 6.45) is 6.62. The fourth-order valence-corrected chi connectivity index (χ4v) is 3.19. The number of benzene rings is 1. The number of aliphatic hydroxyl groups is 1. The van der Waals surface area contributed by atoms with Crippen LogP contribution in [0.15, 0.2) is 22.7 Å². The van der Waals surface area contributed by atoms with E-state index in [1.165, 1.54) is 12.8 Å². The van der Waals surface area contributed by atoms with Crippen molar-refractivity contribution in [3.63, 3.8) is 0 Å². The molecule has 0 spiro atoms. The van der Waals surface area contributed by atoms with E-state index in [4.69, 9.17) is 4.74 Å². The Hall–Kier alpha value is -0.580. The second-order valence-corrected chi connectivity index (χ2v) is 6.55. The van der Waals surface area contributed by atoms with Crippen LogP contribution in [0.3, 0.4) is 0 Å². The smallest absolute Gasteiger partial charge is 0.119 e. The lowest BCUT2D eigenvalue weighted by molar-refractivity contribution is 0.0250. The van der Waals surface area contributed by atoms with Crippen LogP contribution in [-0.4, -0.2) is 24.4 Å². The summed E-state index contributed by atoms with van der Waals surface area (Å²) in [5.41, 5.74) is 0.628. The van der Waals surface area contributed by atoms with Gasteiger partial charge in [-0.3, -0.25) is 0 Å². The summed E-state index contributed by atoms with van der Waals surface area (Å²) in [6, 6.07) is 5.96. The summed E-state index contributed by atoms with van der Waals surface area (Å²) in [6.45, 7) is 1.40. The predicted octanol–water partition coefficient (Wildman–Crippen LogP) is 3.63. The van der Waals surface area contributed by atoms with Crippen molar-refractivity contribution in [2.45, 2.75) is 50.7 Å². The van der Waals surface area contributed by atoms with Gasteiger partial charge in [0.2, 0.25) is 0 Å². The minimum absolute atomic E-state index is 0.526. The van der Waals surface area contributed by atoms with Gasteiger partial charge in [0.05, 0.1) is 12.7 Å². The molecule has 1 aromatic carbocycles. The van der Waals surface area contributed by atoms with Crippen LogP contribution in [0.25, 0.3) is 0 Å². The molecule has 0 aliphatic heterocycles. The number of methoxy groups -OCH3 is 1. The average molecular weight is 342 g/mol. The number of hydrogen-bond acceptors (Lipinski definition) is 3. The zero-order chi connectivity index (χ0) is 14.4. The minimum atomic E-state index is -0.526. The first-order valence-electron chi connectivity index (χ1n) is 7.38. The molecule has 0 amide bonds. The summed E-state index contributed by atoms with van der Waals surface area (Å²) >= 11 is 3.55. The lowest BCUT2D eigenvalue weighted by Crippen LogP contribution is -2.39. The van der Waals surface area contributed by atoms with Crippen LogP contribution >= 0.6 is 15.9 Å². The first kappa shape index (κ1) is 15.8. The van der Waals surface area contributed by atoms with E-state index in [2.05, 4.69) is 21.2 Å². The summed E-state index contributed by atoms with van der Waals surface area (Å²) in [4.78, 5) is 0. The fraction of sp³-hybridized carbons (Fsp3) is 0.625. The van der Waals surface area contributed by atoms with E-state index < -0.39 is 5.60 Å². The molecular weight excluding hydrogens is 318 g/mol. The van der Waals surface area contributed by atoms with Crippen LogP contribution in [0, 0.1) is 0 Å². The molecule has 3 nitrogen and oxygen atoms in total. The molecule has 2 rings (SSSR count). The van der Waals surface area contributed by atoms with Crippen LogP contribution in [0.1, 0.15) is 44.1 Å². The molecule has 1 aliphatic rings. The third-order valence-electron chi connectivity index (χ3n) is 4.06. The maximum atomic E-state index is 10.6. The van der Waals surface area contributed by atoms with Crippen molar-refractivity contribution in [3.05, 3.63) is 28.2 Å². The normalized spacial score (nSPS) is 18.6. The molecule has 20 heavy (non-hydrogen) atoms. The second-order valence-electron chi connectivity index (χ2n) is 5.70. The third-order valence-corrected chi connectivity index (χ3v) is 4.83. The summed E-state index contributed by atoms with van der Waals surface area (Å²) in [7, 11) is 1.68. The van der Waals surface area contributed by atoms with Gasteiger partial charge in [-0.05, 0) is 36.6 Å². The van der Waals surface area contributed by atoms with Crippen molar-refractivity contribution >= 4 is 15.9 Å². The zero-order valence-electron chi connectivity index (χ0n) is 12.1. The molecule has 1 saturated carbocycles. The number of nitrogens with one attached hydrogen (secondary N) is 1. The molecule has 0 unspecified atom stereocenters. The van der Waals surface area contributed by atoms with Gasteiger partial charge in [-0.2, -0.15) is 0 Å². The SMILES string of the molecule is COc1ccc(Br)c(CNCC2(O)CCCCCC2)c1. The molecule has 0 heterocycles. The monoisotopic (exact) mass is 341 g/mol. The average Bonchev–Trinajstić information content (AvgIpc) is 2.66. The highest BCUT2D eigenvalue weighted by atomic mass is 79.9. The minimum Gasteiger partial charge on any atom is -0.497 e. The van der Waals surface area contributed by atoms with E-state index in [1.807, 2.05) is 18.2 Å². The van der Waals surface area contributed by atoms with Gasteiger partial charge in [-0.15, -0.1) is 0 Å². The molecule has 0 radical (unpaired) electrons. The van der Waals surface area contributed by atoms with Crippen molar-refractivity contribution in [1.29, 1.82) is 0 Å². The maximum absolute atomic E-state index is 10.6. The van der Waals surface area contributed by atoms with E-state index in [9.17, 15) is 5.11 Å². The van der Waals surface area contributed by atoms with Crippen LogP contribution in [0.2, 0.25) is 0 Å². The number of hydrogen-bond donors (Lipinski definition) is 2. The zero-order valence-corrected chi connectivity index (χ0v) is 13.7. The fourth-order valence-electron chi connectivity index (χ4n) is 2.81. The lowest BCUT2D eigenvalue weighted by atomic mass is 9.94. The summed E-state index contributed by atoms with van der Waals surface area (Å²) in [5, 5.41) is 14.0. The van der Waals surface area contributed by atoms with E-state index in [0.717, 1.165) is 48.0 Å². The molecule has 1 fully saturated rings. The highest BCUT2D eigenvalue weighted by Crippen LogP contribution is 2.27. The van der Waals surface area contributed by atoms with Gasteiger partial charge in [0, 0.05) is 17.6 Å². The number of rotatable bonds is 5. The van der Waals surface area contributed by atoms with Gasteiger partial charge < -0.3 is 15.2 Å². The van der Waals surface area contributed by atoms with Crippen LogP contribution in [-0.2, 0) is 6.54 Å². The van der Waals surface area contributed by atoms with Gasteiger partial charge in [0.1, 0.15) is 5.75 Å². The van der Waals surface area contributed by atoms with E-state index in [-0.39, 0.29) is 0 Å². The summed E-state index contributed by atoms with van der Waals surface area (Å²) < 4.78 is 6.31. The molecule has 1 aliphatic carbocycles. The van der Waals surface area contributed by atoms with Gasteiger partial charge in [-0.25, -0.2) is 0 Å². The van der Waals surface area contributed by atoms with Crippen molar-refractivity contribution in [3.8, 4) is 5.75 Å². The second kappa shape index (κ2) is 7.43. The van der Waals surface area contributed by atoms with Crippen LogP contribution in [0.5, 0.6) is 5.75 Å². The van der Waals surface area contributed by atoms with Crippen molar-refractivity contribution in [2.75, 3.05) is 13.7 Å². The molecule has 0 bridgehead atoms. The van der Waals surface area contributed by atoms with Gasteiger partial charge >= 0.3 is 0 Å². The highest BCUT2D eigenvalue weighted by molar-refractivity contribution is 9.10. The molecule has 0 aromatic heterocycles. The molecule has 0 saturated heterocycles. The van der Waals surface area contributed by atoms with Gasteiger partial charge in [0.15, 0.2) is 0 Å². The van der Waals surface area contributed by atoms with E-state index >= 15 is 0 Å². The molecule has 4 heteroatoms. The standard InChI is InChI=1S/C16H24BrNO2/c1-20-14-6-7-15(17)13(10-14)11-18-12-16(19)8-4-2-3-5-9-16/h6-7,10,18-19H,2-5,8-9,11-12H2,1H3. The molecule has 1 aromatic rings. The molecule has 112 valence electrons. The number of halogens is 1. The van der Waals surface area contributed by atoms with E-state index in [0.29, 0.717) is 6.54 Å². The number of ether oxygens (including phenoxy) is 1. The quantitative estimate of drug-likeness (QED) is 0.803. The Balaban J connectivity index is 1.88. The molecule has 0 atom stereocenters. The highest BCUT2D eigenvalue weighted by Gasteiger charge is 2.27. The Morgan fingerprint density at radius 3 is 2.60 bits per heavy atom. The first-order chi connectivity index (χ1) is 9.63. The Bertz CT molecular complexity index is 428. The van der Waals surface area contributed by atoms with Crippen molar-refractivity contribution < 1.29 is 9.84 Å². The first-order valence-corrected chi connectivity index (χ1v) is 8.18. The van der Waals surface area contributed by atoms with Gasteiger partial charge in [0.25, 0.3) is 0 Å².